The number of sulfone groups is 1. The van der Waals surface area contributed by atoms with E-state index < -0.39 is 9.84 Å². The minimum atomic E-state index is -2.76. The Morgan fingerprint density at radius 3 is 2.50 bits per heavy atom. The van der Waals surface area contributed by atoms with Gasteiger partial charge < -0.3 is 10.6 Å². The largest absolute Gasteiger partial charge is 0.330 e. The zero-order valence-corrected chi connectivity index (χ0v) is 12.8. The molecule has 1 saturated heterocycles. The van der Waals surface area contributed by atoms with Crippen molar-refractivity contribution in [3.8, 4) is 0 Å². The second-order valence-corrected chi connectivity index (χ2v) is 8.57. The molecule has 1 atom stereocenters. The minimum absolute atomic E-state index is 0.229. The standard InChI is InChI=1S/C13H28N2O2S/c1-13(2,7-8-14)6-4-9-15(3)12-5-10-18(16,17)11-12/h12H,4-11,14H2,1-3H3. The lowest BCUT2D eigenvalue weighted by atomic mass is 9.84. The molecule has 2 N–H and O–H groups in total. The summed E-state index contributed by atoms with van der Waals surface area (Å²) < 4.78 is 22.8. The third-order valence-corrected chi connectivity index (χ3v) is 5.77. The molecule has 1 heterocycles. The summed E-state index contributed by atoms with van der Waals surface area (Å²) >= 11 is 0. The fourth-order valence-corrected chi connectivity index (χ4v) is 4.43. The van der Waals surface area contributed by atoms with E-state index in [1.165, 1.54) is 0 Å². The smallest absolute Gasteiger partial charge is 0.151 e. The van der Waals surface area contributed by atoms with Gasteiger partial charge in [-0.1, -0.05) is 13.8 Å². The van der Waals surface area contributed by atoms with Crippen molar-refractivity contribution in [1.29, 1.82) is 0 Å². The molecule has 5 heteroatoms. The lowest BCUT2D eigenvalue weighted by Crippen LogP contribution is -2.34. The number of rotatable bonds is 7. The predicted octanol–water partition coefficient (Wildman–Crippen LogP) is 1.26. The fraction of sp³-hybridized carbons (Fsp3) is 1.00. The quantitative estimate of drug-likeness (QED) is 0.760. The van der Waals surface area contributed by atoms with Gasteiger partial charge >= 0.3 is 0 Å². The normalized spacial score (nSPS) is 23.7. The molecule has 0 aromatic carbocycles. The highest BCUT2D eigenvalue weighted by Crippen LogP contribution is 2.26. The van der Waals surface area contributed by atoms with Crippen molar-refractivity contribution in [3.63, 3.8) is 0 Å². The summed E-state index contributed by atoms with van der Waals surface area (Å²) in [4.78, 5) is 2.21. The first-order valence-corrected chi connectivity index (χ1v) is 8.69. The van der Waals surface area contributed by atoms with Crippen LogP contribution in [0.5, 0.6) is 0 Å². The van der Waals surface area contributed by atoms with Crippen LogP contribution in [0.25, 0.3) is 0 Å². The summed E-state index contributed by atoms with van der Waals surface area (Å²) in [5.41, 5.74) is 5.90. The maximum atomic E-state index is 11.4. The van der Waals surface area contributed by atoms with Crippen molar-refractivity contribution in [2.24, 2.45) is 11.1 Å². The Hall–Kier alpha value is -0.130. The number of nitrogens with zero attached hydrogens (tertiary/aromatic N) is 1. The van der Waals surface area contributed by atoms with Gasteiger partial charge in [-0.2, -0.15) is 0 Å². The van der Waals surface area contributed by atoms with Gasteiger partial charge in [-0.3, -0.25) is 0 Å². The first kappa shape index (κ1) is 15.9. The summed E-state index contributed by atoms with van der Waals surface area (Å²) in [5.74, 6) is 0.705. The Kier molecular flexibility index (Phi) is 5.62. The summed E-state index contributed by atoms with van der Waals surface area (Å²) in [6, 6.07) is 0.229. The monoisotopic (exact) mass is 276 g/mol. The van der Waals surface area contributed by atoms with E-state index in [0.29, 0.717) is 16.9 Å². The lowest BCUT2D eigenvalue weighted by molar-refractivity contribution is 0.228. The van der Waals surface area contributed by atoms with Gasteiger partial charge in [0.05, 0.1) is 11.5 Å². The summed E-state index contributed by atoms with van der Waals surface area (Å²) in [6.07, 6.45) is 4.10. The molecule has 0 aromatic heterocycles. The molecule has 0 spiro atoms. The van der Waals surface area contributed by atoms with E-state index in [-0.39, 0.29) is 6.04 Å². The zero-order valence-electron chi connectivity index (χ0n) is 12.0. The molecule has 1 rings (SSSR count). The first-order valence-electron chi connectivity index (χ1n) is 6.86. The molecule has 108 valence electrons. The van der Waals surface area contributed by atoms with Crippen molar-refractivity contribution in [1.82, 2.24) is 4.90 Å². The highest BCUT2D eigenvalue weighted by atomic mass is 32.2. The molecule has 1 aliphatic heterocycles. The molecule has 1 unspecified atom stereocenters. The summed E-state index contributed by atoms with van der Waals surface area (Å²) in [6.45, 7) is 6.22. The lowest BCUT2D eigenvalue weighted by Gasteiger charge is -2.27. The molecule has 0 radical (unpaired) electrons. The third-order valence-electron chi connectivity index (χ3n) is 4.02. The van der Waals surface area contributed by atoms with Crippen molar-refractivity contribution in [2.45, 2.75) is 45.6 Å². The topological polar surface area (TPSA) is 63.4 Å². The molecule has 4 nitrogen and oxygen atoms in total. The SMILES string of the molecule is CN(CCCC(C)(C)CCN)C1CCS(=O)(=O)C1. The van der Waals surface area contributed by atoms with E-state index in [2.05, 4.69) is 18.7 Å². The van der Waals surface area contributed by atoms with Crippen LogP contribution in [0.3, 0.4) is 0 Å². The van der Waals surface area contributed by atoms with Gasteiger partial charge in [-0.15, -0.1) is 0 Å². The molecule has 0 aromatic rings. The summed E-state index contributed by atoms with van der Waals surface area (Å²) in [5, 5.41) is 0. The maximum Gasteiger partial charge on any atom is 0.151 e. The van der Waals surface area contributed by atoms with Crippen LogP contribution in [-0.2, 0) is 9.84 Å². The zero-order chi connectivity index (χ0) is 13.8. The van der Waals surface area contributed by atoms with E-state index >= 15 is 0 Å². The van der Waals surface area contributed by atoms with Gasteiger partial charge in [0.2, 0.25) is 0 Å². The first-order chi connectivity index (χ1) is 8.26. The van der Waals surface area contributed by atoms with E-state index in [0.717, 1.165) is 38.8 Å². The number of nitrogens with two attached hydrogens (primary N) is 1. The van der Waals surface area contributed by atoms with Gasteiger partial charge in [-0.05, 0) is 51.2 Å². The van der Waals surface area contributed by atoms with Gasteiger partial charge in [0.15, 0.2) is 9.84 Å². The minimum Gasteiger partial charge on any atom is -0.330 e. The molecule has 0 aliphatic carbocycles. The van der Waals surface area contributed by atoms with Crippen LogP contribution in [0.4, 0.5) is 0 Å². The van der Waals surface area contributed by atoms with Gasteiger partial charge in [-0.25, -0.2) is 8.42 Å². The molecule has 1 aliphatic rings. The Labute approximate surface area is 112 Å². The number of hydrogen-bond acceptors (Lipinski definition) is 4. The molecule has 0 bridgehead atoms. The molecular formula is C13H28N2O2S. The average molecular weight is 276 g/mol. The van der Waals surface area contributed by atoms with Crippen molar-refractivity contribution in [3.05, 3.63) is 0 Å². The predicted molar refractivity (Wildman–Crippen MR) is 76.4 cm³/mol. The Bertz CT molecular complexity index is 352. The number of hydrogen-bond donors (Lipinski definition) is 1. The molecule has 1 fully saturated rings. The molecular weight excluding hydrogens is 248 g/mol. The second kappa shape index (κ2) is 6.35. The highest BCUT2D eigenvalue weighted by molar-refractivity contribution is 7.91. The van der Waals surface area contributed by atoms with Crippen LogP contribution in [0.15, 0.2) is 0 Å². The Balaban J connectivity index is 2.28. The molecule has 18 heavy (non-hydrogen) atoms. The van der Waals surface area contributed by atoms with Crippen LogP contribution >= 0.6 is 0 Å². The van der Waals surface area contributed by atoms with Crippen LogP contribution in [0.1, 0.15) is 39.5 Å². The van der Waals surface area contributed by atoms with Crippen LogP contribution in [0.2, 0.25) is 0 Å². The van der Waals surface area contributed by atoms with E-state index in [4.69, 9.17) is 5.73 Å². The second-order valence-electron chi connectivity index (χ2n) is 6.34. The fourth-order valence-electron chi connectivity index (χ4n) is 2.63. The van der Waals surface area contributed by atoms with Crippen LogP contribution in [0, 0.1) is 5.41 Å². The Morgan fingerprint density at radius 2 is 2.00 bits per heavy atom. The van der Waals surface area contributed by atoms with Gasteiger partial charge in [0.25, 0.3) is 0 Å². The van der Waals surface area contributed by atoms with Crippen LogP contribution in [-0.4, -0.2) is 51.0 Å². The van der Waals surface area contributed by atoms with Crippen molar-refractivity contribution < 1.29 is 8.42 Å². The maximum absolute atomic E-state index is 11.4. The van der Waals surface area contributed by atoms with Gasteiger partial charge in [0, 0.05) is 6.04 Å². The van der Waals surface area contributed by atoms with E-state index in [9.17, 15) is 8.42 Å². The average Bonchev–Trinajstić information content (AvgIpc) is 2.58. The van der Waals surface area contributed by atoms with Crippen molar-refractivity contribution in [2.75, 3.05) is 31.6 Å². The molecule has 0 amide bonds. The molecule has 0 saturated carbocycles. The van der Waals surface area contributed by atoms with Crippen molar-refractivity contribution >= 4 is 9.84 Å². The van der Waals surface area contributed by atoms with Gasteiger partial charge in [0.1, 0.15) is 0 Å². The summed E-state index contributed by atoms with van der Waals surface area (Å²) in [7, 11) is -0.718. The highest BCUT2D eigenvalue weighted by Gasteiger charge is 2.30. The van der Waals surface area contributed by atoms with E-state index in [1.807, 2.05) is 7.05 Å². The Morgan fingerprint density at radius 1 is 1.33 bits per heavy atom. The van der Waals surface area contributed by atoms with Crippen LogP contribution < -0.4 is 5.73 Å². The third kappa shape index (κ3) is 5.24. The van der Waals surface area contributed by atoms with E-state index in [1.54, 1.807) is 0 Å².